The first-order valence-electron chi connectivity index (χ1n) is 5.43. The van der Waals surface area contributed by atoms with Gasteiger partial charge in [-0.05, 0) is 40.6 Å². The molecule has 0 saturated heterocycles. The van der Waals surface area contributed by atoms with E-state index in [1.165, 1.54) is 27.1 Å². The van der Waals surface area contributed by atoms with E-state index in [-0.39, 0.29) is 0 Å². The van der Waals surface area contributed by atoms with Gasteiger partial charge in [0.05, 0.1) is 0 Å². The average molecular weight is 207 g/mol. The quantitative estimate of drug-likeness (QED) is 0.439. The van der Waals surface area contributed by atoms with E-state index in [1.54, 1.807) is 0 Å². The number of hydrogen-bond donors (Lipinski definition) is 1. The zero-order valence-electron chi connectivity index (χ0n) is 9.20. The van der Waals surface area contributed by atoms with Crippen LogP contribution in [0, 0.1) is 6.92 Å². The van der Waals surface area contributed by atoms with Crippen molar-refractivity contribution in [2.24, 2.45) is 0 Å². The summed E-state index contributed by atoms with van der Waals surface area (Å²) in [7, 11) is 0. The minimum atomic E-state index is 0.820. The number of nitrogens with two attached hydrogens (primary N) is 1. The summed E-state index contributed by atoms with van der Waals surface area (Å²) in [6, 6.07) is 16.9. The molecule has 3 rings (SSSR count). The Morgan fingerprint density at radius 1 is 0.750 bits per heavy atom. The fourth-order valence-electron chi connectivity index (χ4n) is 2.20. The lowest BCUT2D eigenvalue weighted by molar-refractivity contribution is 1.51. The lowest BCUT2D eigenvalue weighted by atomic mass is 10.0. The number of fused-ring (bicyclic) bond motifs is 3. The molecule has 0 fully saturated rings. The maximum atomic E-state index is 5.84. The first-order chi connectivity index (χ1) is 7.74. The highest BCUT2D eigenvalue weighted by Gasteiger charge is 2.00. The molecule has 0 aliphatic rings. The maximum absolute atomic E-state index is 5.84. The van der Waals surface area contributed by atoms with Gasteiger partial charge >= 0.3 is 0 Å². The monoisotopic (exact) mass is 207 g/mol. The van der Waals surface area contributed by atoms with Gasteiger partial charge in [-0.2, -0.15) is 0 Å². The second-order valence-corrected chi connectivity index (χ2v) is 4.27. The van der Waals surface area contributed by atoms with E-state index < -0.39 is 0 Å². The second-order valence-electron chi connectivity index (χ2n) is 4.27. The van der Waals surface area contributed by atoms with Gasteiger partial charge in [0, 0.05) is 5.69 Å². The van der Waals surface area contributed by atoms with Crippen LogP contribution in [-0.4, -0.2) is 0 Å². The lowest BCUT2D eigenvalue weighted by Crippen LogP contribution is -1.85. The molecule has 0 bridgehead atoms. The summed E-state index contributed by atoms with van der Waals surface area (Å²) >= 11 is 0. The molecule has 2 N–H and O–H groups in total. The molecule has 0 amide bonds. The predicted octanol–water partition coefficient (Wildman–Crippen LogP) is 3.88. The largest absolute Gasteiger partial charge is 0.399 e. The Bertz CT molecular complexity index is 683. The SMILES string of the molecule is Cc1ccc2c(ccc3ccc(N)cc32)c1. The molecule has 0 aliphatic carbocycles. The smallest absolute Gasteiger partial charge is 0.0320 e. The van der Waals surface area contributed by atoms with Gasteiger partial charge in [0.25, 0.3) is 0 Å². The molecule has 0 aromatic heterocycles. The molecule has 1 nitrogen and oxygen atoms in total. The standard InChI is InChI=1S/C15H13N/c1-10-2-7-14-12(8-10)4-3-11-5-6-13(16)9-15(11)14/h2-9H,16H2,1H3. The Hall–Kier alpha value is -2.02. The predicted molar refractivity (Wildman–Crippen MR) is 70.6 cm³/mol. The molecule has 0 unspecified atom stereocenters. The van der Waals surface area contributed by atoms with E-state index in [9.17, 15) is 0 Å². The van der Waals surface area contributed by atoms with Gasteiger partial charge in [-0.1, -0.05) is 42.0 Å². The van der Waals surface area contributed by atoms with Crippen LogP contribution in [0.15, 0.2) is 48.5 Å². The zero-order valence-corrected chi connectivity index (χ0v) is 9.20. The van der Waals surface area contributed by atoms with Crippen LogP contribution in [0.1, 0.15) is 5.56 Å². The molecule has 1 heteroatoms. The number of benzene rings is 3. The Morgan fingerprint density at radius 2 is 1.50 bits per heavy atom. The van der Waals surface area contributed by atoms with Crippen LogP contribution in [0.4, 0.5) is 5.69 Å². The van der Waals surface area contributed by atoms with E-state index in [0.717, 1.165) is 5.69 Å². The number of anilines is 1. The molecule has 3 aromatic carbocycles. The van der Waals surface area contributed by atoms with Gasteiger partial charge in [-0.15, -0.1) is 0 Å². The van der Waals surface area contributed by atoms with Crippen molar-refractivity contribution in [2.75, 3.05) is 5.73 Å². The highest BCUT2D eigenvalue weighted by atomic mass is 14.5. The van der Waals surface area contributed by atoms with Gasteiger partial charge < -0.3 is 5.73 Å². The summed E-state index contributed by atoms with van der Waals surface area (Å²) in [5.74, 6) is 0. The normalized spacial score (nSPS) is 11.1. The zero-order chi connectivity index (χ0) is 11.1. The van der Waals surface area contributed by atoms with Crippen molar-refractivity contribution in [3.63, 3.8) is 0 Å². The van der Waals surface area contributed by atoms with E-state index in [0.29, 0.717) is 0 Å². The highest BCUT2D eigenvalue weighted by molar-refractivity contribution is 6.08. The van der Waals surface area contributed by atoms with Crippen LogP contribution in [0.2, 0.25) is 0 Å². The first kappa shape index (κ1) is 9.22. The van der Waals surface area contributed by atoms with Crippen molar-refractivity contribution < 1.29 is 0 Å². The Morgan fingerprint density at radius 3 is 2.38 bits per heavy atom. The topological polar surface area (TPSA) is 26.0 Å². The van der Waals surface area contributed by atoms with Crippen molar-refractivity contribution in [2.45, 2.75) is 6.92 Å². The van der Waals surface area contributed by atoms with Gasteiger partial charge in [0.1, 0.15) is 0 Å². The van der Waals surface area contributed by atoms with Crippen molar-refractivity contribution in [3.8, 4) is 0 Å². The summed E-state index contributed by atoms with van der Waals surface area (Å²) in [6.45, 7) is 2.11. The van der Waals surface area contributed by atoms with Crippen LogP contribution in [-0.2, 0) is 0 Å². The molecule has 16 heavy (non-hydrogen) atoms. The van der Waals surface area contributed by atoms with Crippen LogP contribution >= 0.6 is 0 Å². The van der Waals surface area contributed by atoms with Crippen LogP contribution in [0.25, 0.3) is 21.5 Å². The van der Waals surface area contributed by atoms with Gasteiger partial charge in [-0.25, -0.2) is 0 Å². The first-order valence-corrected chi connectivity index (χ1v) is 5.43. The molecule has 3 aromatic rings. The molecule has 0 saturated carbocycles. The van der Waals surface area contributed by atoms with Gasteiger partial charge in [0.15, 0.2) is 0 Å². The third kappa shape index (κ3) is 1.33. The van der Waals surface area contributed by atoms with Gasteiger partial charge in [0.2, 0.25) is 0 Å². The van der Waals surface area contributed by atoms with Crippen LogP contribution in [0.3, 0.4) is 0 Å². The summed E-state index contributed by atoms with van der Waals surface area (Å²) < 4.78 is 0. The molecular formula is C15H13N. The fraction of sp³-hybridized carbons (Fsp3) is 0.0667. The highest BCUT2D eigenvalue weighted by Crippen LogP contribution is 2.27. The third-order valence-corrected chi connectivity index (χ3v) is 3.02. The Labute approximate surface area is 94.5 Å². The number of nitrogen functional groups attached to an aromatic ring is 1. The number of aryl methyl sites for hydroxylation is 1. The second kappa shape index (κ2) is 3.24. The summed E-state index contributed by atoms with van der Waals surface area (Å²) in [5.41, 5.74) is 7.95. The van der Waals surface area contributed by atoms with Crippen molar-refractivity contribution in [3.05, 3.63) is 54.1 Å². The van der Waals surface area contributed by atoms with Crippen molar-refractivity contribution in [1.82, 2.24) is 0 Å². The molecule has 78 valence electrons. The Balaban J connectivity index is 2.52. The van der Waals surface area contributed by atoms with E-state index in [2.05, 4.69) is 43.3 Å². The molecule has 0 radical (unpaired) electrons. The molecular weight excluding hydrogens is 194 g/mol. The number of hydrogen-bond acceptors (Lipinski definition) is 1. The summed E-state index contributed by atoms with van der Waals surface area (Å²) in [6.07, 6.45) is 0. The van der Waals surface area contributed by atoms with Gasteiger partial charge in [-0.3, -0.25) is 0 Å². The average Bonchev–Trinajstić information content (AvgIpc) is 2.28. The minimum absolute atomic E-state index is 0.820. The van der Waals surface area contributed by atoms with E-state index >= 15 is 0 Å². The lowest BCUT2D eigenvalue weighted by Gasteiger charge is -2.05. The third-order valence-electron chi connectivity index (χ3n) is 3.02. The van der Waals surface area contributed by atoms with Crippen molar-refractivity contribution in [1.29, 1.82) is 0 Å². The van der Waals surface area contributed by atoms with Crippen LogP contribution in [0.5, 0.6) is 0 Å². The molecule has 0 heterocycles. The number of rotatable bonds is 0. The summed E-state index contributed by atoms with van der Waals surface area (Å²) in [4.78, 5) is 0. The van der Waals surface area contributed by atoms with E-state index in [1.807, 2.05) is 12.1 Å². The van der Waals surface area contributed by atoms with E-state index in [4.69, 9.17) is 5.73 Å². The molecule has 0 aliphatic heterocycles. The summed E-state index contributed by atoms with van der Waals surface area (Å²) in [5, 5.41) is 5.02. The minimum Gasteiger partial charge on any atom is -0.399 e. The molecule has 0 atom stereocenters. The van der Waals surface area contributed by atoms with Crippen LogP contribution < -0.4 is 5.73 Å². The maximum Gasteiger partial charge on any atom is 0.0320 e. The fourth-order valence-corrected chi connectivity index (χ4v) is 2.20. The van der Waals surface area contributed by atoms with Crippen molar-refractivity contribution >= 4 is 27.2 Å². The molecule has 0 spiro atoms. The Kier molecular flexibility index (Phi) is 1.87.